The second-order valence-electron chi connectivity index (χ2n) is 10.4. The summed E-state index contributed by atoms with van der Waals surface area (Å²) in [5, 5.41) is 0. The van der Waals surface area contributed by atoms with E-state index in [2.05, 4.69) is 118 Å². The van der Waals surface area contributed by atoms with Gasteiger partial charge in [0.2, 0.25) is 6.71 Å². The fraction of sp³-hybridized carbons (Fsp3) is 0.312. The molecule has 3 aromatic carbocycles. The van der Waals surface area contributed by atoms with Gasteiger partial charge in [-0.3, -0.25) is 9.59 Å². The Hall–Kier alpha value is -2.91. The van der Waals surface area contributed by atoms with Crippen molar-refractivity contribution in [1.29, 1.82) is 0 Å². The number of nitrogens with zero attached hydrogens (tertiary/aromatic N) is 2. The molecule has 4 nitrogen and oxygen atoms in total. The topological polar surface area (TPSA) is 40.6 Å². The molecular formula is C32H39BN2O2Pt+2. The Balaban J connectivity index is 0.000000561. The molecule has 1 aliphatic rings. The molecule has 0 N–H and O–H groups in total. The van der Waals surface area contributed by atoms with Crippen LogP contribution in [0.3, 0.4) is 0 Å². The van der Waals surface area contributed by atoms with Crippen LogP contribution in [-0.2, 0) is 30.7 Å². The Bertz CT molecular complexity index is 1280. The van der Waals surface area contributed by atoms with Crippen LogP contribution in [-0.4, -0.2) is 36.9 Å². The third-order valence-electron chi connectivity index (χ3n) is 6.77. The molecule has 0 bridgehead atoms. The van der Waals surface area contributed by atoms with E-state index in [-0.39, 0.29) is 45.8 Å². The van der Waals surface area contributed by atoms with Crippen molar-refractivity contribution in [2.45, 2.75) is 54.9 Å². The van der Waals surface area contributed by atoms with Crippen LogP contribution in [0.2, 0.25) is 0 Å². The molecule has 0 amide bonds. The van der Waals surface area contributed by atoms with Crippen LogP contribution in [0, 0.1) is 34.6 Å². The van der Waals surface area contributed by atoms with E-state index in [0.717, 1.165) is 6.67 Å². The zero-order valence-electron chi connectivity index (χ0n) is 23.9. The van der Waals surface area contributed by atoms with E-state index in [4.69, 9.17) is 0 Å². The smallest absolute Gasteiger partial charge is 0.361 e. The zero-order chi connectivity index (χ0) is 27.3. The molecule has 0 spiro atoms. The van der Waals surface area contributed by atoms with E-state index in [9.17, 15) is 9.59 Å². The number of rotatable bonds is 6. The Labute approximate surface area is 243 Å². The second-order valence-corrected chi connectivity index (χ2v) is 10.4. The van der Waals surface area contributed by atoms with Gasteiger partial charge in [0, 0.05) is 25.1 Å². The predicted octanol–water partition coefficient (Wildman–Crippen LogP) is 4.48. The zero-order valence-corrected chi connectivity index (χ0v) is 26.1. The van der Waals surface area contributed by atoms with E-state index in [1.54, 1.807) is 0 Å². The third kappa shape index (κ3) is 7.80. The minimum Gasteiger partial charge on any atom is -0.361 e. The molecule has 0 aromatic heterocycles. The standard InChI is InChI=1S/C27H31BN2.C5H8O2.Pt/c1-19-15-22(4)27(23(5)16-19)28(26-20(2)9-7-10-21(26)3)24-11-8-12-25(17-24)30-14-13-29(6)18-30;1-4(6)3-5(2)7;/h7-17H,18H2,1-6H3;3H2,1-2H3;/q;;+2. The molecule has 1 heterocycles. The molecule has 38 heavy (non-hydrogen) atoms. The van der Waals surface area contributed by atoms with Gasteiger partial charge in [-0.1, -0.05) is 86.7 Å². The first-order chi connectivity index (χ1) is 17.5. The number of benzene rings is 3. The van der Waals surface area contributed by atoms with Crippen LogP contribution < -0.4 is 21.3 Å². The van der Waals surface area contributed by atoms with E-state index in [1.165, 1.54) is 63.7 Å². The molecule has 1 aliphatic heterocycles. The van der Waals surface area contributed by atoms with Gasteiger partial charge >= 0.3 is 21.1 Å². The Morgan fingerprint density at radius 2 is 1.29 bits per heavy atom. The summed E-state index contributed by atoms with van der Waals surface area (Å²) in [4.78, 5) is 24.6. The van der Waals surface area contributed by atoms with Gasteiger partial charge < -0.3 is 9.80 Å². The maximum Gasteiger partial charge on any atom is 2.00 e. The Morgan fingerprint density at radius 1 is 0.763 bits per heavy atom. The number of Topliss-reactive ketones (excluding diaryl/α,β-unsaturated/α-hetero) is 2. The van der Waals surface area contributed by atoms with Crippen LogP contribution in [0.4, 0.5) is 5.69 Å². The minimum absolute atomic E-state index is 0. The van der Waals surface area contributed by atoms with Gasteiger partial charge in [0.1, 0.15) is 11.6 Å². The fourth-order valence-corrected chi connectivity index (χ4v) is 5.34. The number of carbonyl (C=O) groups excluding carboxylic acids is 2. The van der Waals surface area contributed by atoms with Crippen LogP contribution in [0.15, 0.2) is 67.0 Å². The number of ketones is 2. The van der Waals surface area contributed by atoms with Crippen LogP contribution in [0.25, 0.3) is 0 Å². The quantitative estimate of drug-likeness (QED) is 0.283. The molecule has 0 saturated carbocycles. The molecule has 0 aliphatic carbocycles. The Morgan fingerprint density at radius 3 is 1.76 bits per heavy atom. The van der Waals surface area contributed by atoms with Crippen molar-refractivity contribution in [2.75, 3.05) is 18.6 Å². The number of hydrogen-bond acceptors (Lipinski definition) is 4. The fourth-order valence-electron chi connectivity index (χ4n) is 5.34. The maximum atomic E-state index is 10.0. The first-order valence-electron chi connectivity index (χ1n) is 12.9. The van der Waals surface area contributed by atoms with E-state index >= 15 is 0 Å². The Kier molecular flexibility index (Phi) is 11.3. The summed E-state index contributed by atoms with van der Waals surface area (Å²) in [7, 11) is 2.11. The van der Waals surface area contributed by atoms with Crippen molar-refractivity contribution in [1.82, 2.24) is 4.90 Å². The van der Waals surface area contributed by atoms with Crippen molar-refractivity contribution < 1.29 is 30.7 Å². The minimum atomic E-state index is -0.0625. The van der Waals surface area contributed by atoms with E-state index in [1.807, 2.05) is 0 Å². The number of aryl methyl sites for hydroxylation is 5. The van der Waals surface area contributed by atoms with Gasteiger partial charge in [-0.15, -0.1) is 0 Å². The molecular weight excluding hydrogens is 650 g/mol. The van der Waals surface area contributed by atoms with Gasteiger partial charge in [0.15, 0.2) is 0 Å². The largest absolute Gasteiger partial charge is 2.00 e. The molecule has 3 aromatic rings. The molecule has 0 saturated heterocycles. The second kappa shape index (κ2) is 13.8. The monoisotopic (exact) mass is 689 g/mol. The van der Waals surface area contributed by atoms with Gasteiger partial charge in [0.05, 0.1) is 13.1 Å². The summed E-state index contributed by atoms with van der Waals surface area (Å²) >= 11 is 0. The summed E-state index contributed by atoms with van der Waals surface area (Å²) in [6.45, 7) is 15.1. The number of carbonyl (C=O) groups is 2. The van der Waals surface area contributed by atoms with Gasteiger partial charge in [-0.05, 0) is 60.6 Å². The van der Waals surface area contributed by atoms with E-state index in [0.29, 0.717) is 0 Å². The van der Waals surface area contributed by atoms with Crippen molar-refractivity contribution in [3.8, 4) is 0 Å². The first kappa shape index (κ1) is 31.3. The number of anilines is 1. The molecule has 0 unspecified atom stereocenters. The summed E-state index contributed by atoms with van der Waals surface area (Å²) in [5.41, 5.74) is 12.2. The average molecular weight is 690 g/mol. The summed E-state index contributed by atoms with van der Waals surface area (Å²) in [6, 6.07) is 20.4. The summed E-state index contributed by atoms with van der Waals surface area (Å²) in [6.07, 6.45) is 4.37. The average Bonchev–Trinajstić information content (AvgIpc) is 3.23. The normalized spacial score (nSPS) is 12.0. The SMILES string of the molecule is CC(=O)CC(C)=O.Cc1cc(C)c(B(c2cccc(N3C=CN(C)C3)c2)c2c(C)cccc2C)c(C)c1.[Pt+2]. The van der Waals surface area contributed by atoms with Crippen molar-refractivity contribution in [2.24, 2.45) is 0 Å². The van der Waals surface area contributed by atoms with E-state index < -0.39 is 0 Å². The van der Waals surface area contributed by atoms with Crippen LogP contribution >= 0.6 is 0 Å². The summed E-state index contributed by atoms with van der Waals surface area (Å²) < 4.78 is 0. The van der Waals surface area contributed by atoms with Crippen LogP contribution in [0.5, 0.6) is 0 Å². The molecule has 0 atom stereocenters. The maximum absolute atomic E-state index is 10.0. The molecule has 0 radical (unpaired) electrons. The summed E-state index contributed by atoms with van der Waals surface area (Å²) in [5.74, 6) is -0.125. The van der Waals surface area contributed by atoms with Crippen molar-refractivity contribution in [3.05, 3.63) is 94.8 Å². The van der Waals surface area contributed by atoms with Gasteiger partial charge in [0.25, 0.3) is 0 Å². The molecule has 6 heteroatoms. The third-order valence-corrected chi connectivity index (χ3v) is 6.77. The molecule has 0 fully saturated rings. The van der Waals surface area contributed by atoms with Crippen molar-refractivity contribution in [3.63, 3.8) is 0 Å². The van der Waals surface area contributed by atoms with Gasteiger partial charge in [-0.2, -0.15) is 0 Å². The number of hydrogen-bond donors (Lipinski definition) is 0. The molecule has 200 valence electrons. The van der Waals surface area contributed by atoms with Crippen LogP contribution in [0.1, 0.15) is 48.1 Å². The first-order valence-corrected chi connectivity index (χ1v) is 12.9. The van der Waals surface area contributed by atoms with Gasteiger partial charge in [-0.25, -0.2) is 0 Å². The predicted molar refractivity (Wildman–Crippen MR) is 158 cm³/mol. The molecule has 4 rings (SSSR count). The van der Waals surface area contributed by atoms with Crippen molar-refractivity contribution >= 4 is 40.4 Å².